The van der Waals surface area contributed by atoms with Crippen molar-refractivity contribution in [2.24, 2.45) is 29.6 Å². The van der Waals surface area contributed by atoms with E-state index in [1.165, 1.54) is 23.9 Å². The third-order valence-corrected chi connectivity index (χ3v) is 13.0. The summed E-state index contributed by atoms with van der Waals surface area (Å²) in [7, 11) is 0. The average molecular weight is 747 g/mol. The van der Waals surface area contributed by atoms with Gasteiger partial charge in [0.15, 0.2) is 6.61 Å². The lowest BCUT2D eigenvalue weighted by atomic mass is 9.68. The zero-order valence-electron chi connectivity index (χ0n) is 25.0. The van der Waals surface area contributed by atoms with Gasteiger partial charge in [0.1, 0.15) is 5.75 Å². The van der Waals surface area contributed by atoms with Crippen LogP contribution >= 0.6 is 46.3 Å². The number of thioether (sulfide) groups is 1. The summed E-state index contributed by atoms with van der Waals surface area (Å²) in [6, 6.07) is 16.2. The van der Waals surface area contributed by atoms with Gasteiger partial charge in [-0.05, 0) is 78.8 Å². The molecule has 2 saturated carbocycles. The lowest BCUT2D eigenvalue weighted by molar-refractivity contribution is -0.137. The first-order valence-corrected chi connectivity index (χ1v) is 17.8. The summed E-state index contributed by atoms with van der Waals surface area (Å²) in [5.74, 6) is -4.44. The van der Waals surface area contributed by atoms with E-state index in [2.05, 4.69) is 10.3 Å². The second kappa shape index (κ2) is 11.9. The molecule has 1 aromatic heterocycles. The van der Waals surface area contributed by atoms with Gasteiger partial charge >= 0.3 is 11.0 Å². The SMILES string of the molecule is O=C(COc1ccc(Cl)cc1[C@H]1c2sc(=O)[nH]c2SC2C1[C@H]1C[C@@H]2C2C(=O)N(c3ccccc3C(F)(F)F)C(=O)C21)Nc1ccc(Cl)cc1. The maximum Gasteiger partial charge on any atom is 0.418 e. The van der Waals surface area contributed by atoms with E-state index in [1.54, 1.807) is 42.5 Å². The van der Waals surface area contributed by atoms with Crippen LogP contribution < -0.4 is 19.8 Å². The highest BCUT2D eigenvalue weighted by Gasteiger charge is 2.70. The third kappa shape index (κ3) is 5.36. The number of imide groups is 1. The summed E-state index contributed by atoms with van der Waals surface area (Å²) in [4.78, 5) is 57.7. The van der Waals surface area contributed by atoms with Crippen molar-refractivity contribution in [2.45, 2.75) is 28.8 Å². The van der Waals surface area contributed by atoms with Crippen molar-refractivity contribution in [3.05, 3.63) is 102 Å². The molecule has 3 amide bonds. The number of H-pyrrole nitrogens is 1. The van der Waals surface area contributed by atoms with Gasteiger partial charge in [-0.2, -0.15) is 13.2 Å². The van der Waals surface area contributed by atoms with Crippen LogP contribution in [0.5, 0.6) is 5.75 Å². The number of hydrogen-bond donors (Lipinski definition) is 2. The van der Waals surface area contributed by atoms with Gasteiger partial charge in [-0.25, -0.2) is 4.90 Å². The average Bonchev–Trinajstić information content (AvgIpc) is 3.80. The Kier molecular flexibility index (Phi) is 7.89. The van der Waals surface area contributed by atoms with Crippen LogP contribution in [0.25, 0.3) is 0 Å². The van der Waals surface area contributed by atoms with E-state index in [1.807, 2.05) is 0 Å². The predicted octanol–water partition coefficient (Wildman–Crippen LogP) is 7.46. The predicted molar refractivity (Wildman–Crippen MR) is 179 cm³/mol. The summed E-state index contributed by atoms with van der Waals surface area (Å²) in [5.41, 5.74) is -0.368. The minimum atomic E-state index is -4.77. The largest absolute Gasteiger partial charge is 0.483 e. The number of para-hydroxylation sites is 1. The monoisotopic (exact) mass is 745 g/mol. The molecule has 3 aromatic carbocycles. The molecule has 4 unspecified atom stereocenters. The van der Waals surface area contributed by atoms with Crippen LogP contribution in [0.15, 0.2) is 76.6 Å². The van der Waals surface area contributed by atoms with Crippen molar-refractivity contribution in [2.75, 3.05) is 16.8 Å². The summed E-state index contributed by atoms with van der Waals surface area (Å²) in [6.45, 7) is -0.347. The number of benzene rings is 3. The highest BCUT2D eigenvalue weighted by Crippen LogP contribution is 2.69. The minimum absolute atomic E-state index is 0.233. The molecule has 15 heteroatoms. The molecule has 2 bridgehead atoms. The lowest BCUT2D eigenvalue weighted by Gasteiger charge is -2.43. The number of anilines is 2. The van der Waals surface area contributed by atoms with Crippen molar-refractivity contribution in [3.8, 4) is 5.75 Å². The molecule has 2 N–H and O–H groups in total. The number of fused-ring (bicyclic) bond motifs is 9. The maximum atomic E-state index is 14.1. The number of hydrogen-bond acceptors (Lipinski definition) is 7. The van der Waals surface area contributed by atoms with Gasteiger partial charge in [-0.1, -0.05) is 46.7 Å². The van der Waals surface area contributed by atoms with Crippen LogP contribution in [0, 0.1) is 29.6 Å². The summed E-state index contributed by atoms with van der Waals surface area (Å²) in [6.07, 6.45) is -4.24. The fraction of sp³-hybridized carbons (Fsp3) is 0.294. The van der Waals surface area contributed by atoms with Crippen molar-refractivity contribution >= 4 is 75.4 Å². The molecule has 8 nitrogen and oxygen atoms in total. The van der Waals surface area contributed by atoms with Crippen LogP contribution in [0.1, 0.15) is 28.3 Å². The number of amides is 3. The molecule has 1 saturated heterocycles. The molecule has 3 heterocycles. The first-order chi connectivity index (χ1) is 23.4. The van der Waals surface area contributed by atoms with E-state index >= 15 is 0 Å². The molecular weight excluding hydrogens is 722 g/mol. The van der Waals surface area contributed by atoms with Crippen LogP contribution in [0.4, 0.5) is 24.5 Å². The molecule has 2 aliphatic carbocycles. The standard InChI is InChI=1S/C34H24Cl2F3N3O5S2/c35-14-5-8-16(9-6-14)40-23(43)13-47-22-10-7-15(36)11-17(22)24-25-18-12-19(28(25)48-30-29(24)49-33(46)41-30)27-26(18)31(44)42(32(27)45)21-4-2-1-3-20(21)34(37,38)39/h1-11,18-19,24-28H,12-13H2,(H,40,43)(H,41,46)/t18-,19-,24-,25?,26?,27?,28?/m1/s1. The molecule has 0 spiro atoms. The van der Waals surface area contributed by atoms with Crippen LogP contribution in [0.3, 0.4) is 0 Å². The molecule has 2 aliphatic heterocycles. The van der Waals surface area contributed by atoms with Crippen LogP contribution in [0.2, 0.25) is 10.0 Å². The first-order valence-electron chi connectivity index (χ1n) is 15.3. The first kappa shape index (κ1) is 32.4. The van der Waals surface area contributed by atoms with Gasteiger partial charge in [-0.3, -0.25) is 19.2 Å². The zero-order chi connectivity index (χ0) is 34.4. The van der Waals surface area contributed by atoms with Gasteiger partial charge < -0.3 is 15.0 Å². The van der Waals surface area contributed by atoms with E-state index in [-0.39, 0.29) is 34.5 Å². The summed E-state index contributed by atoms with van der Waals surface area (Å²) >= 11 is 14.9. The number of halogens is 5. The van der Waals surface area contributed by atoms with E-state index in [0.717, 1.165) is 28.4 Å². The van der Waals surface area contributed by atoms with Gasteiger partial charge in [0.25, 0.3) is 5.91 Å². The molecule has 252 valence electrons. The highest BCUT2D eigenvalue weighted by atomic mass is 35.5. The Morgan fingerprint density at radius 2 is 1.65 bits per heavy atom. The number of aromatic amines is 1. The fourth-order valence-corrected chi connectivity index (χ4v) is 11.5. The zero-order valence-corrected chi connectivity index (χ0v) is 28.1. The number of nitrogens with zero attached hydrogens (tertiary/aromatic N) is 1. The summed E-state index contributed by atoms with van der Waals surface area (Å²) in [5, 5.41) is 4.05. The molecule has 0 radical (unpaired) electrons. The van der Waals surface area contributed by atoms with E-state index in [4.69, 9.17) is 27.9 Å². The van der Waals surface area contributed by atoms with Crippen molar-refractivity contribution in [3.63, 3.8) is 0 Å². The topological polar surface area (TPSA) is 109 Å². The Morgan fingerprint density at radius 3 is 2.39 bits per heavy atom. The van der Waals surface area contributed by atoms with Gasteiger partial charge in [-0.15, -0.1) is 11.8 Å². The van der Waals surface area contributed by atoms with Crippen LogP contribution in [-0.2, 0) is 20.6 Å². The Bertz CT molecular complexity index is 2090. The number of alkyl halides is 3. The molecular formula is C34H24Cl2F3N3O5S2. The number of carbonyl (C=O) groups excluding carboxylic acids is 3. The Hall–Kier alpha value is -3.78. The van der Waals surface area contributed by atoms with E-state index in [9.17, 15) is 32.3 Å². The lowest BCUT2D eigenvalue weighted by Crippen LogP contribution is -2.42. The molecule has 8 rings (SSSR count). The molecule has 4 aliphatic rings. The molecule has 4 aromatic rings. The van der Waals surface area contributed by atoms with Crippen LogP contribution in [-0.4, -0.2) is 34.6 Å². The second-order valence-electron chi connectivity index (χ2n) is 12.5. The third-order valence-electron chi connectivity index (χ3n) is 9.97. The maximum absolute atomic E-state index is 14.1. The quantitative estimate of drug-likeness (QED) is 0.199. The van der Waals surface area contributed by atoms with Gasteiger partial charge in [0.05, 0.1) is 28.1 Å². The molecule has 7 atom stereocenters. The second-order valence-corrected chi connectivity index (χ2v) is 15.6. The Balaban J connectivity index is 1.15. The summed E-state index contributed by atoms with van der Waals surface area (Å²) < 4.78 is 48.1. The number of carbonyl (C=O) groups is 3. The normalized spacial score (nSPS) is 26.8. The molecule has 3 fully saturated rings. The van der Waals surface area contributed by atoms with E-state index in [0.29, 0.717) is 43.4 Å². The number of aromatic nitrogens is 1. The number of nitrogens with one attached hydrogen (secondary N) is 2. The van der Waals surface area contributed by atoms with E-state index < -0.39 is 52.9 Å². The van der Waals surface area contributed by atoms with Crippen molar-refractivity contribution in [1.82, 2.24) is 4.98 Å². The fourth-order valence-electron chi connectivity index (χ4n) is 8.28. The Morgan fingerprint density at radius 1 is 0.959 bits per heavy atom. The van der Waals surface area contributed by atoms with Gasteiger partial charge in [0, 0.05) is 37.3 Å². The number of ether oxygens (including phenoxy) is 1. The number of thiazole rings is 1. The van der Waals surface area contributed by atoms with Gasteiger partial charge in [0.2, 0.25) is 11.8 Å². The van der Waals surface area contributed by atoms with Crippen molar-refractivity contribution in [1.29, 1.82) is 0 Å². The van der Waals surface area contributed by atoms with Crippen molar-refractivity contribution < 1.29 is 32.3 Å². The Labute approximate surface area is 294 Å². The highest BCUT2D eigenvalue weighted by molar-refractivity contribution is 8.00. The number of rotatable bonds is 6. The minimum Gasteiger partial charge on any atom is -0.483 e. The smallest absolute Gasteiger partial charge is 0.418 e. The molecule has 49 heavy (non-hydrogen) atoms.